The van der Waals surface area contributed by atoms with E-state index in [1.807, 2.05) is 72.8 Å². The van der Waals surface area contributed by atoms with Crippen molar-refractivity contribution in [3.8, 4) is 11.5 Å². The van der Waals surface area contributed by atoms with Crippen LogP contribution in [0.5, 0.6) is 11.5 Å². The first-order valence-corrected chi connectivity index (χ1v) is 25.7. The number of imidazole rings is 1. The average Bonchev–Trinajstić information content (AvgIpc) is 3.78. The molecule has 0 radical (unpaired) electrons. The van der Waals surface area contributed by atoms with E-state index in [1.165, 1.54) is 38.6 Å². The van der Waals surface area contributed by atoms with Crippen LogP contribution in [0.15, 0.2) is 157 Å². The van der Waals surface area contributed by atoms with Gasteiger partial charge in [0.05, 0.1) is 19.5 Å². The maximum absolute atomic E-state index is 15.3. The van der Waals surface area contributed by atoms with Crippen molar-refractivity contribution in [1.29, 1.82) is 0 Å². The van der Waals surface area contributed by atoms with Gasteiger partial charge in [-0.2, -0.15) is 15.2 Å². The Hall–Kier alpha value is -7.21. The summed E-state index contributed by atoms with van der Waals surface area (Å²) in [5, 5.41) is 8.28. The lowest BCUT2D eigenvalue weighted by Crippen LogP contribution is -2.47. The van der Waals surface area contributed by atoms with Gasteiger partial charge < -0.3 is 29.0 Å². The van der Waals surface area contributed by atoms with Crippen LogP contribution in [0.2, 0.25) is 0 Å². The number of nitrogen functional groups attached to an aromatic ring is 1. The number of hydrogen-bond donors (Lipinski definition) is 4. The van der Waals surface area contributed by atoms with Gasteiger partial charge in [0.1, 0.15) is 48.6 Å². The van der Waals surface area contributed by atoms with Crippen molar-refractivity contribution < 1.29 is 51.0 Å². The van der Waals surface area contributed by atoms with E-state index in [0.29, 0.717) is 10.8 Å². The minimum atomic E-state index is -4.69. The van der Waals surface area contributed by atoms with Gasteiger partial charge in [0.15, 0.2) is 11.2 Å². The number of aromatic nitrogens is 4. The van der Waals surface area contributed by atoms with Crippen LogP contribution in [-0.2, 0) is 61.9 Å². The number of nitrogens with one attached hydrogen (secondary N) is 3. The largest absolute Gasteiger partial charge is 0.459 e. The fourth-order valence-electron chi connectivity index (χ4n) is 7.31. The molecular formula is C51H53N7O12P2. The highest BCUT2D eigenvalue weighted by atomic mass is 31.2. The number of aromatic amines is 1. The molecule has 5 N–H and O–H groups in total. The molecule has 0 fully saturated rings. The number of nitrogens with zero attached hydrogens (tertiary/aromatic N) is 3. The van der Waals surface area contributed by atoms with Crippen molar-refractivity contribution in [2.24, 2.45) is 0 Å². The van der Waals surface area contributed by atoms with Crippen LogP contribution in [0, 0.1) is 0 Å². The van der Waals surface area contributed by atoms with Gasteiger partial charge in [0.2, 0.25) is 5.95 Å². The number of carbonyl (C=O) groups is 2. The predicted molar refractivity (Wildman–Crippen MR) is 271 cm³/mol. The minimum absolute atomic E-state index is 0.0333. The highest BCUT2D eigenvalue weighted by Crippen LogP contribution is 2.50. The van der Waals surface area contributed by atoms with Crippen molar-refractivity contribution in [3.05, 3.63) is 173 Å². The summed E-state index contributed by atoms with van der Waals surface area (Å²) in [7, 11) is -9.38. The van der Waals surface area contributed by atoms with Gasteiger partial charge in [-0.15, -0.1) is 0 Å². The Kier molecular flexibility index (Phi) is 15.7. The van der Waals surface area contributed by atoms with Crippen molar-refractivity contribution in [3.63, 3.8) is 0 Å². The number of hydrogen-bond acceptors (Lipinski definition) is 15. The Labute approximate surface area is 414 Å². The smallest absolute Gasteiger partial charge is 0.459 e. The molecule has 0 aliphatic rings. The summed E-state index contributed by atoms with van der Waals surface area (Å²) < 4.78 is 74.6. The van der Waals surface area contributed by atoms with Crippen LogP contribution in [0.4, 0.5) is 5.95 Å². The summed E-state index contributed by atoms with van der Waals surface area (Å²) in [6, 6.07) is 42.9. The van der Waals surface area contributed by atoms with E-state index in [9.17, 15) is 14.4 Å². The molecule has 0 amide bonds. The Morgan fingerprint density at radius 2 is 1.10 bits per heavy atom. The highest BCUT2D eigenvalue weighted by Gasteiger charge is 2.43. The fourth-order valence-corrected chi connectivity index (χ4v) is 10.8. The quantitative estimate of drug-likeness (QED) is 0.0345. The zero-order valence-electron chi connectivity index (χ0n) is 39.8. The van der Waals surface area contributed by atoms with Crippen LogP contribution in [-0.4, -0.2) is 61.9 Å². The molecule has 19 nitrogen and oxygen atoms in total. The van der Waals surface area contributed by atoms with E-state index in [1.54, 1.807) is 72.8 Å². The van der Waals surface area contributed by atoms with E-state index in [0.717, 1.165) is 21.9 Å². The van der Waals surface area contributed by atoms with Crippen LogP contribution in [0.3, 0.4) is 0 Å². The first kappa shape index (κ1) is 51.2. The predicted octanol–water partition coefficient (Wildman–Crippen LogP) is 8.98. The Morgan fingerprint density at radius 3 is 1.58 bits per heavy atom. The summed E-state index contributed by atoms with van der Waals surface area (Å²) in [6.07, 6.45) is -0.0368. The third-order valence-electron chi connectivity index (χ3n) is 11.0. The number of H-pyrrole nitrogens is 1. The molecule has 0 aliphatic heterocycles. The molecule has 0 saturated heterocycles. The van der Waals surface area contributed by atoms with Crippen molar-refractivity contribution in [2.75, 3.05) is 18.9 Å². The third-order valence-corrected chi connectivity index (χ3v) is 14.5. The first-order chi connectivity index (χ1) is 34.5. The van der Waals surface area contributed by atoms with Crippen molar-refractivity contribution >= 4 is 66.1 Å². The number of carbonyl (C=O) groups excluding carboxylic acids is 2. The van der Waals surface area contributed by atoms with E-state index in [-0.39, 0.29) is 48.6 Å². The first-order valence-electron chi connectivity index (χ1n) is 22.7. The highest BCUT2D eigenvalue weighted by molar-refractivity contribution is 7.52. The summed E-state index contributed by atoms with van der Waals surface area (Å²) >= 11 is 0. The second-order valence-electron chi connectivity index (χ2n) is 17.6. The van der Waals surface area contributed by atoms with Crippen molar-refractivity contribution in [2.45, 2.75) is 64.8 Å². The second kappa shape index (κ2) is 22.1. The van der Waals surface area contributed by atoms with E-state index in [2.05, 4.69) is 25.1 Å². The lowest BCUT2D eigenvalue weighted by atomic mass is 10.1. The van der Waals surface area contributed by atoms with Gasteiger partial charge >= 0.3 is 27.4 Å². The number of ether oxygens (including phenoxy) is 3. The van der Waals surface area contributed by atoms with Gasteiger partial charge in [-0.25, -0.2) is 14.1 Å². The Bertz CT molecular complexity index is 3170. The number of benzene rings is 6. The zero-order chi connectivity index (χ0) is 50.9. The van der Waals surface area contributed by atoms with E-state index >= 15 is 9.13 Å². The molecule has 0 spiro atoms. The van der Waals surface area contributed by atoms with Crippen LogP contribution < -0.4 is 30.5 Å². The topological polar surface area (TPSA) is 247 Å². The van der Waals surface area contributed by atoms with E-state index < -0.39 is 63.4 Å². The second-order valence-corrected chi connectivity index (χ2v) is 20.9. The molecule has 2 atom stereocenters. The van der Waals surface area contributed by atoms with Gasteiger partial charge in [-0.1, -0.05) is 133 Å². The molecule has 0 bridgehead atoms. The number of nitrogens with two attached hydrogens (primary N) is 1. The maximum Gasteiger partial charge on any atom is 0.459 e. The number of esters is 2. The molecule has 72 heavy (non-hydrogen) atoms. The number of fused-ring (bicyclic) bond motifs is 3. The van der Waals surface area contributed by atoms with Gasteiger partial charge in [0.25, 0.3) is 5.56 Å². The van der Waals surface area contributed by atoms with Gasteiger partial charge in [-0.05, 0) is 61.7 Å². The molecule has 374 valence electrons. The average molecular weight is 1020 g/mol. The maximum atomic E-state index is 15.3. The number of rotatable bonds is 23. The lowest BCUT2D eigenvalue weighted by molar-refractivity contribution is -0.151. The lowest BCUT2D eigenvalue weighted by Gasteiger charge is -2.31. The molecule has 8 aromatic rings. The molecule has 2 unspecified atom stereocenters. The zero-order valence-corrected chi connectivity index (χ0v) is 41.5. The van der Waals surface area contributed by atoms with Gasteiger partial charge in [-0.3, -0.25) is 33.0 Å². The van der Waals surface area contributed by atoms with Crippen molar-refractivity contribution in [1.82, 2.24) is 29.7 Å². The molecule has 21 heteroatoms. The molecule has 8 rings (SSSR count). The summed E-state index contributed by atoms with van der Waals surface area (Å²) in [6.45, 7) is 4.05. The minimum Gasteiger partial charge on any atom is -0.459 e. The molecule has 0 aliphatic carbocycles. The monoisotopic (exact) mass is 1020 g/mol. The number of anilines is 1. The van der Waals surface area contributed by atoms with Crippen LogP contribution in [0.1, 0.15) is 38.8 Å². The molecule has 2 heterocycles. The molecule has 6 aromatic carbocycles. The third kappa shape index (κ3) is 12.8. The fraction of sp³-hybridized carbons (Fsp3) is 0.235. The summed E-state index contributed by atoms with van der Waals surface area (Å²) in [5.41, 5.74) is 3.39. The molecule has 2 aromatic heterocycles. The standard InChI is InChI=1S/C51H53N7O12P2/c1-50(2,47(60)64-29-35-17-7-5-8-18-35)56-71(62,69-42-27-15-23-37-21-11-13-25-40(37)42)67-31-39(66-34-58-33-53-44-45(58)54-49(52)55-46(44)59)32-68-72(63,70-43-28-16-24-38-22-12-14-26-41(38)43)57-51(3,4)48(61)65-30-36-19-9-6-10-20-36/h5-28,33,39H,29-32,34H2,1-4H3,(H,56,62)(H,57,63)(H3,52,54,55,59). The summed E-state index contributed by atoms with van der Waals surface area (Å²) in [5.74, 6) is -1.41. The summed E-state index contributed by atoms with van der Waals surface area (Å²) in [4.78, 5) is 50.9. The SMILES string of the molecule is CC(C)(NP(=O)(OCC(COP(=O)(NC(C)(C)C(=O)OCc1ccccc1)Oc1cccc2ccccc12)OCn1cnc2c(=O)[nH]c(N)nc21)Oc1cccc2ccccc12)C(=O)OCc1ccccc1. The molecule has 0 saturated carbocycles. The van der Waals surface area contributed by atoms with Gasteiger partial charge in [0, 0.05) is 10.8 Å². The normalized spacial score (nSPS) is 14.1. The van der Waals surface area contributed by atoms with Crippen LogP contribution in [0.25, 0.3) is 32.7 Å². The Balaban J connectivity index is 1.11. The Morgan fingerprint density at radius 1 is 0.653 bits per heavy atom. The van der Waals surface area contributed by atoms with Crippen LogP contribution >= 0.6 is 15.5 Å². The molecular weight excluding hydrogens is 965 g/mol. The van der Waals surface area contributed by atoms with E-state index in [4.69, 9.17) is 38.0 Å².